The van der Waals surface area contributed by atoms with Crippen LogP contribution in [-0.4, -0.2) is 25.6 Å². The number of hydrogen-bond acceptors (Lipinski definition) is 2. The molecule has 1 atom stereocenters. The molecule has 4 nitrogen and oxygen atoms in total. The largest absolute Gasteiger partial charge is 0.426 e. The first-order valence-electron chi connectivity index (χ1n) is 7.94. The first-order chi connectivity index (χ1) is 10.2. The van der Waals surface area contributed by atoms with Gasteiger partial charge in [0.25, 0.3) is 0 Å². The summed E-state index contributed by atoms with van der Waals surface area (Å²) in [5, 5.41) is 5.31. The zero-order valence-corrected chi connectivity index (χ0v) is 14.5. The van der Waals surface area contributed by atoms with Crippen molar-refractivity contribution in [2.24, 2.45) is 11.3 Å². The minimum Gasteiger partial charge on any atom is -0.426 e. The molecule has 1 heterocycles. The SMILES string of the molecule is CNC(=O)Nc1ccc(B2CC(C)C(C)(C)C(C)(C)O2)cc1. The summed E-state index contributed by atoms with van der Waals surface area (Å²) in [4.78, 5) is 11.3. The third kappa shape index (κ3) is 3.14. The summed E-state index contributed by atoms with van der Waals surface area (Å²) in [6.45, 7) is 11.3. The molecule has 0 aromatic heterocycles. The van der Waals surface area contributed by atoms with Crippen molar-refractivity contribution in [1.29, 1.82) is 0 Å². The van der Waals surface area contributed by atoms with E-state index in [0.29, 0.717) is 5.92 Å². The minimum absolute atomic E-state index is 0.104. The average molecular weight is 302 g/mol. The van der Waals surface area contributed by atoms with Gasteiger partial charge in [-0.15, -0.1) is 0 Å². The molecule has 0 aliphatic carbocycles. The third-order valence-electron chi connectivity index (χ3n) is 5.56. The van der Waals surface area contributed by atoms with Crippen LogP contribution in [0, 0.1) is 11.3 Å². The Morgan fingerprint density at radius 1 is 1.23 bits per heavy atom. The van der Waals surface area contributed by atoms with Gasteiger partial charge in [-0.1, -0.05) is 32.9 Å². The Balaban J connectivity index is 2.14. The van der Waals surface area contributed by atoms with Crippen LogP contribution >= 0.6 is 0 Å². The van der Waals surface area contributed by atoms with Crippen LogP contribution in [0.1, 0.15) is 34.6 Å². The van der Waals surface area contributed by atoms with Crippen molar-refractivity contribution in [3.8, 4) is 0 Å². The summed E-state index contributed by atoms with van der Waals surface area (Å²) in [6.07, 6.45) is 1.01. The van der Waals surface area contributed by atoms with E-state index in [1.165, 1.54) is 0 Å². The van der Waals surface area contributed by atoms with Gasteiger partial charge in [-0.25, -0.2) is 4.79 Å². The Morgan fingerprint density at radius 3 is 2.32 bits per heavy atom. The second-order valence-electron chi connectivity index (χ2n) is 7.30. The lowest BCUT2D eigenvalue weighted by Crippen LogP contribution is -2.57. The molecule has 1 fully saturated rings. The molecule has 2 N–H and O–H groups in total. The Labute approximate surface area is 134 Å². The molecule has 22 heavy (non-hydrogen) atoms. The van der Waals surface area contributed by atoms with E-state index in [4.69, 9.17) is 4.65 Å². The summed E-state index contributed by atoms with van der Waals surface area (Å²) in [6, 6.07) is 7.71. The maximum absolute atomic E-state index is 11.3. The Hall–Kier alpha value is -1.49. The quantitative estimate of drug-likeness (QED) is 0.825. The molecule has 0 radical (unpaired) electrons. The van der Waals surface area contributed by atoms with Gasteiger partial charge in [0, 0.05) is 12.7 Å². The standard InChI is InChI=1S/C17H27BN2O2/c1-12-11-18(22-17(4,5)16(12,2)3)13-7-9-14(10-8-13)20-15(21)19-6/h7-10,12H,11H2,1-6H3,(H2,19,20,21). The lowest BCUT2D eigenvalue weighted by molar-refractivity contribution is -0.0605. The summed E-state index contributed by atoms with van der Waals surface area (Å²) in [5.74, 6) is 0.574. The maximum Gasteiger partial charge on any atom is 0.327 e. The maximum atomic E-state index is 11.3. The van der Waals surface area contributed by atoms with Crippen molar-refractivity contribution in [2.45, 2.75) is 46.5 Å². The zero-order chi connectivity index (χ0) is 16.5. The highest BCUT2D eigenvalue weighted by atomic mass is 16.5. The summed E-state index contributed by atoms with van der Waals surface area (Å²) >= 11 is 0. The van der Waals surface area contributed by atoms with E-state index < -0.39 is 0 Å². The highest BCUT2D eigenvalue weighted by Crippen LogP contribution is 2.46. The number of rotatable bonds is 2. The fourth-order valence-electron chi connectivity index (χ4n) is 2.94. The molecule has 0 spiro atoms. The average Bonchev–Trinajstić information content (AvgIpc) is 2.45. The topological polar surface area (TPSA) is 50.4 Å². The third-order valence-corrected chi connectivity index (χ3v) is 5.56. The highest BCUT2D eigenvalue weighted by Gasteiger charge is 2.49. The van der Waals surface area contributed by atoms with Crippen LogP contribution < -0.4 is 16.1 Å². The predicted octanol–water partition coefficient (Wildman–Crippen LogP) is 3.11. The number of hydrogen-bond donors (Lipinski definition) is 2. The van der Waals surface area contributed by atoms with E-state index in [1.807, 2.05) is 24.3 Å². The molecule has 2 rings (SSSR count). The fourth-order valence-corrected chi connectivity index (χ4v) is 2.94. The van der Waals surface area contributed by atoms with Crippen molar-refractivity contribution >= 4 is 24.1 Å². The van der Waals surface area contributed by atoms with Crippen molar-refractivity contribution in [3.63, 3.8) is 0 Å². The second-order valence-corrected chi connectivity index (χ2v) is 7.30. The smallest absolute Gasteiger partial charge is 0.327 e. The monoisotopic (exact) mass is 302 g/mol. The van der Waals surface area contributed by atoms with E-state index in [0.717, 1.165) is 17.5 Å². The number of carbonyl (C=O) groups excluding carboxylic acids is 1. The number of nitrogens with one attached hydrogen (secondary N) is 2. The lowest BCUT2D eigenvalue weighted by atomic mass is 9.47. The Kier molecular flexibility index (Phi) is 4.57. The molecule has 120 valence electrons. The van der Waals surface area contributed by atoms with Gasteiger partial charge in [0.15, 0.2) is 0 Å². The van der Waals surface area contributed by atoms with Crippen LogP contribution in [0.5, 0.6) is 0 Å². The molecule has 2 amide bonds. The summed E-state index contributed by atoms with van der Waals surface area (Å²) in [5.41, 5.74) is 1.92. The van der Waals surface area contributed by atoms with Crippen LogP contribution in [0.15, 0.2) is 24.3 Å². The van der Waals surface area contributed by atoms with Crippen LogP contribution in [0.3, 0.4) is 0 Å². The predicted molar refractivity (Wildman–Crippen MR) is 92.8 cm³/mol. The summed E-state index contributed by atoms with van der Waals surface area (Å²) in [7, 11) is 1.60. The van der Waals surface area contributed by atoms with Gasteiger partial charge < -0.3 is 15.3 Å². The van der Waals surface area contributed by atoms with Crippen molar-refractivity contribution in [3.05, 3.63) is 24.3 Å². The van der Waals surface area contributed by atoms with E-state index in [-0.39, 0.29) is 24.0 Å². The van der Waals surface area contributed by atoms with E-state index in [9.17, 15) is 4.79 Å². The summed E-state index contributed by atoms with van der Waals surface area (Å²) < 4.78 is 6.39. The van der Waals surface area contributed by atoms with E-state index in [1.54, 1.807) is 7.05 Å². The molecule has 1 unspecified atom stereocenters. The molecular formula is C17H27BN2O2. The first kappa shape index (κ1) is 16.9. The second kappa shape index (κ2) is 5.96. The number of benzene rings is 1. The van der Waals surface area contributed by atoms with Gasteiger partial charge in [-0.2, -0.15) is 0 Å². The zero-order valence-electron chi connectivity index (χ0n) is 14.5. The van der Waals surface area contributed by atoms with Crippen molar-refractivity contribution in [1.82, 2.24) is 5.32 Å². The van der Waals surface area contributed by atoms with Crippen LogP contribution in [0.4, 0.5) is 10.5 Å². The molecule has 0 bridgehead atoms. The Morgan fingerprint density at radius 2 is 1.82 bits per heavy atom. The fraction of sp³-hybridized carbons (Fsp3) is 0.588. The molecule has 1 aliphatic rings. The first-order valence-corrected chi connectivity index (χ1v) is 7.94. The molecule has 1 aromatic rings. The lowest BCUT2D eigenvalue weighted by Gasteiger charge is -2.52. The number of urea groups is 1. The molecule has 0 saturated carbocycles. The van der Waals surface area contributed by atoms with Gasteiger partial charge in [0.1, 0.15) is 0 Å². The minimum atomic E-state index is -0.210. The highest BCUT2D eigenvalue weighted by molar-refractivity contribution is 6.67. The van der Waals surface area contributed by atoms with Crippen molar-refractivity contribution < 1.29 is 9.45 Å². The molecule has 1 aromatic carbocycles. The van der Waals surface area contributed by atoms with Crippen LogP contribution in [0.2, 0.25) is 6.32 Å². The number of carbonyl (C=O) groups is 1. The van der Waals surface area contributed by atoms with Crippen LogP contribution in [0.25, 0.3) is 0 Å². The van der Waals surface area contributed by atoms with Gasteiger partial charge in [0.05, 0.1) is 5.60 Å². The van der Waals surface area contributed by atoms with Crippen molar-refractivity contribution in [2.75, 3.05) is 12.4 Å². The van der Waals surface area contributed by atoms with Crippen LogP contribution in [-0.2, 0) is 4.65 Å². The number of anilines is 1. The van der Waals surface area contributed by atoms with Gasteiger partial charge >= 0.3 is 12.9 Å². The number of amides is 2. The van der Waals surface area contributed by atoms with E-state index in [2.05, 4.69) is 45.3 Å². The van der Waals surface area contributed by atoms with Gasteiger partial charge in [-0.3, -0.25) is 0 Å². The molecule has 5 heteroatoms. The molecule has 1 aliphatic heterocycles. The molecular weight excluding hydrogens is 275 g/mol. The van der Waals surface area contributed by atoms with Gasteiger partial charge in [0.2, 0.25) is 0 Å². The van der Waals surface area contributed by atoms with Gasteiger partial charge in [-0.05, 0) is 49.1 Å². The Bertz CT molecular complexity index is 540. The van der Waals surface area contributed by atoms with E-state index >= 15 is 0 Å². The normalized spacial score (nSPS) is 23.0. The molecule has 1 saturated heterocycles.